The van der Waals surface area contributed by atoms with Gasteiger partial charge in [0.1, 0.15) is 18.9 Å². The van der Waals surface area contributed by atoms with Gasteiger partial charge in [-0.2, -0.15) is 0 Å². The number of carbonyl (C=O) groups excluding carboxylic acids is 3. The highest BCUT2D eigenvalue weighted by Gasteiger charge is 2.21. The normalized spacial score (nSPS) is 11.3. The van der Waals surface area contributed by atoms with Gasteiger partial charge in [0.25, 0.3) is 0 Å². The number of carbonyl (C=O) groups is 3. The van der Waals surface area contributed by atoms with Gasteiger partial charge >= 0.3 is 0 Å². The van der Waals surface area contributed by atoms with Gasteiger partial charge in [0.15, 0.2) is 0 Å². The summed E-state index contributed by atoms with van der Waals surface area (Å²) in [5, 5.41) is 6.85. The summed E-state index contributed by atoms with van der Waals surface area (Å²) >= 11 is 0. The number of aryl methyl sites for hydroxylation is 1. The van der Waals surface area contributed by atoms with Crippen molar-refractivity contribution >= 4 is 51.2 Å². The third-order valence-corrected chi connectivity index (χ3v) is 9.33. The first-order valence-electron chi connectivity index (χ1n) is 15.6. The maximum absolute atomic E-state index is 11.5. The van der Waals surface area contributed by atoms with Crippen molar-refractivity contribution in [1.29, 1.82) is 0 Å². The molecule has 0 atom stereocenters. The van der Waals surface area contributed by atoms with Gasteiger partial charge in [0.05, 0.1) is 0 Å². The van der Waals surface area contributed by atoms with Crippen LogP contribution in [0.15, 0.2) is 133 Å². The molecule has 8 aromatic rings. The summed E-state index contributed by atoms with van der Waals surface area (Å²) in [5.41, 5.74) is 11.7. The van der Waals surface area contributed by atoms with Crippen LogP contribution in [0, 0.1) is 6.92 Å². The van der Waals surface area contributed by atoms with E-state index in [0.717, 1.165) is 90.3 Å². The van der Waals surface area contributed by atoms with Crippen LogP contribution < -0.4 is 0 Å². The second kappa shape index (κ2) is 11.3. The van der Waals surface area contributed by atoms with Crippen molar-refractivity contribution in [2.24, 2.45) is 0 Å². The lowest BCUT2D eigenvalue weighted by Crippen LogP contribution is -1.95. The Labute approximate surface area is 272 Å². The van der Waals surface area contributed by atoms with Crippen molar-refractivity contribution in [3.05, 3.63) is 156 Å². The van der Waals surface area contributed by atoms with Crippen LogP contribution in [0.25, 0.3) is 76.8 Å². The molecule has 0 saturated carbocycles. The average molecular weight is 605 g/mol. The molecule has 222 valence electrons. The Morgan fingerprint density at radius 2 is 0.596 bits per heavy atom. The molecule has 3 heteroatoms. The highest BCUT2D eigenvalue weighted by molar-refractivity contribution is 6.32. The van der Waals surface area contributed by atoms with Crippen molar-refractivity contribution in [1.82, 2.24) is 0 Å². The first kappa shape index (κ1) is 28.3. The predicted octanol–water partition coefficient (Wildman–Crippen LogP) is 11.0. The minimum absolute atomic E-state index is 0.629. The molecule has 0 bridgehead atoms. The Kier molecular flexibility index (Phi) is 6.81. The molecule has 3 nitrogen and oxygen atoms in total. The third-order valence-electron chi connectivity index (χ3n) is 9.33. The number of hydrogen-bond acceptors (Lipinski definition) is 3. The number of benzene rings is 8. The summed E-state index contributed by atoms with van der Waals surface area (Å²) in [7, 11) is 0. The largest absolute Gasteiger partial charge is 0.298 e. The van der Waals surface area contributed by atoms with E-state index in [4.69, 9.17) is 0 Å². The maximum atomic E-state index is 11.5. The topological polar surface area (TPSA) is 51.2 Å². The van der Waals surface area contributed by atoms with E-state index in [2.05, 4.69) is 67.6 Å². The van der Waals surface area contributed by atoms with Crippen molar-refractivity contribution in [2.75, 3.05) is 0 Å². The summed E-state index contributed by atoms with van der Waals surface area (Å²) in [4.78, 5) is 34.5. The van der Waals surface area contributed by atoms with Gasteiger partial charge in [0.2, 0.25) is 0 Å². The first-order valence-corrected chi connectivity index (χ1v) is 15.6. The first-order chi connectivity index (χ1) is 23.1. The van der Waals surface area contributed by atoms with Crippen LogP contribution in [0.2, 0.25) is 0 Å². The Balaban J connectivity index is 1.53. The van der Waals surface area contributed by atoms with E-state index in [1.54, 1.807) is 0 Å². The summed E-state index contributed by atoms with van der Waals surface area (Å²) < 4.78 is 0. The van der Waals surface area contributed by atoms with Gasteiger partial charge < -0.3 is 0 Å². The monoisotopic (exact) mass is 604 g/mol. The van der Waals surface area contributed by atoms with Gasteiger partial charge in [-0.25, -0.2) is 0 Å². The lowest BCUT2D eigenvalue weighted by Gasteiger charge is -2.21. The van der Waals surface area contributed by atoms with E-state index in [-0.39, 0.29) is 0 Å². The Morgan fingerprint density at radius 3 is 0.851 bits per heavy atom. The lowest BCUT2D eigenvalue weighted by atomic mass is 9.82. The minimum atomic E-state index is 0.629. The fourth-order valence-electron chi connectivity index (χ4n) is 6.91. The van der Waals surface area contributed by atoms with Crippen molar-refractivity contribution in [3.63, 3.8) is 0 Å². The SMILES string of the molecule is Cc1ccc(-c2cc(-c3ccc(C=O)cc3)c3ccc4c(-c5ccc(C=O)cc5)cc(-c5ccc(C=O)cc5)c5ccc2c3c54)cc1. The number of hydrogen-bond donors (Lipinski definition) is 0. The van der Waals surface area contributed by atoms with Crippen molar-refractivity contribution in [3.8, 4) is 44.5 Å². The molecule has 0 saturated heterocycles. The van der Waals surface area contributed by atoms with E-state index in [0.29, 0.717) is 16.7 Å². The molecule has 0 spiro atoms. The molecule has 0 amide bonds. The number of aldehydes is 3. The van der Waals surface area contributed by atoms with E-state index in [9.17, 15) is 14.4 Å². The summed E-state index contributed by atoms with van der Waals surface area (Å²) in [6.45, 7) is 2.10. The van der Waals surface area contributed by atoms with Crippen LogP contribution in [-0.2, 0) is 0 Å². The zero-order chi connectivity index (χ0) is 32.1. The highest BCUT2D eigenvalue weighted by Crippen LogP contribution is 2.48. The zero-order valence-corrected chi connectivity index (χ0v) is 25.7. The average Bonchev–Trinajstić information content (AvgIpc) is 3.14. The number of rotatable bonds is 7. The van der Waals surface area contributed by atoms with Crippen molar-refractivity contribution in [2.45, 2.75) is 6.92 Å². The van der Waals surface area contributed by atoms with Gasteiger partial charge in [-0.15, -0.1) is 0 Å². The molecule has 0 aliphatic rings. The Bertz CT molecular complexity index is 2400. The molecule has 0 N–H and O–H groups in total. The van der Waals surface area contributed by atoms with E-state index >= 15 is 0 Å². The molecule has 0 radical (unpaired) electrons. The smallest absolute Gasteiger partial charge is 0.150 e. The summed E-state index contributed by atoms with van der Waals surface area (Å²) in [5.74, 6) is 0. The second-order valence-electron chi connectivity index (χ2n) is 12.1. The van der Waals surface area contributed by atoms with Crippen LogP contribution in [-0.4, -0.2) is 18.9 Å². The molecule has 0 fully saturated rings. The van der Waals surface area contributed by atoms with Crippen LogP contribution >= 0.6 is 0 Å². The standard InChI is InChI=1S/C44H28O3/c1-27-2-10-31(11-3-27)39-22-40(32-12-4-28(24-45)5-13-32)36-20-21-38-42(34-16-8-30(26-47)9-17-34)23-41(33-14-6-29(25-46)7-15-33)37-19-18-35(39)43(36)44(37)38/h2-26H,1H3. The molecular formula is C44H28O3. The van der Waals surface area contributed by atoms with E-state index in [1.165, 1.54) is 10.9 Å². The fraction of sp³-hybridized carbons (Fsp3) is 0.0227. The van der Waals surface area contributed by atoms with E-state index < -0.39 is 0 Å². The summed E-state index contributed by atoms with van der Waals surface area (Å²) in [6, 6.07) is 45.3. The highest BCUT2D eigenvalue weighted by atomic mass is 16.1. The fourth-order valence-corrected chi connectivity index (χ4v) is 6.91. The second-order valence-corrected chi connectivity index (χ2v) is 12.1. The quantitative estimate of drug-likeness (QED) is 0.134. The van der Waals surface area contributed by atoms with Gasteiger partial charge in [0, 0.05) is 16.7 Å². The van der Waals surface area contributed by atoms with Crippen LogP contribution in [0.4, 0.5) is 0 Å². The van der Waals surface area contributed by atoms with E-state index in [1.807, 2.05) is 72.8 Å². The minimum Gasteiger partial charge on any atom is -0.298 e. The summed E-state index contributed by atoms with van der Waals surface area (Å²) in [6.07, 6.45) is 2.60. The molecule has 8 aromatic carbocycles. The molecule has 0 aliphatic heterocycles. The van der Waals surface area contributed by atoms with Crippen molar-refractivity contribution < 1.29 is 14.4 Å². The van der Waals surface area contributed by atoms with Gasteiger partial charge in [-0.05, 0) is 95.9 Å². The maximum Gasteiger partial charge on any atom is 0.150 e. The lowest BCUT2D eigenvalue weighted by molar-refractivity contribution is 0.111. The zero-order valence-electron chi connectivity index (χ0n) is 25.7. The predicted molar refractivity (Wildman–Crippen MR) is 193 cm³/mol. The van der Waals surface area contributed by atoms with Crippen LogP contribution in [0.5, 0.6) is 0 Å². The molecule has 8 rings (SSSR count). The molecule has 0 unspecified atom stereocenters. The molecule has 47 heavy (non-hydrogen) atoms. The third kappa shape index (κ3) is 4.72. The van der Waals surface area contributed by atoms with Crippen LogP contribution in [0.1, 0.15) is 36.6 Å². The van der Waals surface area contributed by atoms with Gasteiger partial charge in [-0.3, -0.25) is 14.4 Å². The van der Waals surface area contributed by atoms with Gasteiger partial charge in [-0.1, -0.05) is 127 Å². The molecular weight excluding hydrogens is 576 g/mol. The molecule has 0 aromatic heterocycles. The molecule has 0 aliphatic carbocycles. The molecule has 0 heterocycles. The van der Waals surface area contributed by atoms with Crippen LogP contribution in [0.3, 0.4) is 0 Å². The Hall–Kier alpha value is -6.19. The Morgan fingerprint density at radius 1 is 0.340 bits per heavy atom.